The lowest BCUT2D eigenvalue weighted by Crippen LogP contribution is -1.94. The van der Waals surface area contributed by atoms with Gasteiger partial charge in [-0.25, -0.2) is 0 Å². The standard InChI is InChI=1S/C19H24.C2H6/c1-2-3-4-6-11-17-12-9-10-15-19(16-17)18-13-7-5-8-14-18;1-2/h3,5,7-8,13-14,16,19H,1,4,6,9-12,15H2;1-2H3. The van der Waals surface area contributed by atoms with E-state index in [1.165, 1.54) is 44.1 Å². The van der Waals surface area contributed by atoms with E-state index in [-0.39, 0.29) is 0 Å². The Balaban J connectivity index is 0.00000106. The second-order valence-corrected chi connectivity index (χ2v) is 5.39. The fraction of sp³-hybridized carbons (Fsp3) is 0.476. The number of unbranched alkanes of at least 4 members (excludes halogenated alkanes) is 1. The molecule has 2 rings (SSSR count). The van der Waals surface area contributed by atoms with E-state index in [1.54, 1.807) is 5.57 Å². The van der Waals surface area contributed by atoms with Crippen molar-refractivity contribution in [1.82, 2.24) is 0 Å². The van der Waals surface area contributed by atoms with Gasteiger partial charge in [-0.15, -0.1) is 5.73 Å². The molecule has 1 aliphatic rings. The van der Waals surface area contributed by atoms with E-state index in [9.17, 15) is 0 Å². The van der Waals surface area contributed by atoms with Gasteiger partial charge in [0, 0.05) is 5.92 Å². The zero-order chi connectivity index (χ0) is 15.3. The normalized spacial score (nSPS) is 17.6. The van der Waals surface area contributed by atoms with Gasteiger partial charge in [-0.2, -0.15) is 0 Å². The van der Waals surface area contributed by atoms with Gasteiger partial charge in [0.1, 0.15) is 0 Å². The van der Waals surface area contributed by atoms with Gasteiger partial charge in [-0.1, -0.05) is 68.8 Å². The van der Waals surface area contributed by atoms with Crippen molar-refractivity contribution in [3.8, 4) is 0 Å². The predicted octanol–water partition coefficient (Wildman–Crippen LogP) is 6.81. The van der Waals surface area contributed by atoms with Crippen molar-refractivity contribution in [3.05, 3.63) is 65.9 Å². The second kappa shape index (κ2) is 11.2. The molecule has 0 spiro atoms. The first-order chi connectivity index (χ1) is 10.4. The molecule has 0 amide bonds. The molecule has 0 heteroatoms. The SMILES string of the molecule is C=C=CCCCC1=CC(c2ccccc2)CCCC1.CC. The fourth-order valence-electron chi connectivity index (χ4n) is 2.87. The molecule has 114 valence electrons. The largest absolute Gasteiger partial charge is 0.133 e. The Bertz CT molecular complexity index is 446. The molecule has 0 saturated carbocycles. The summed E-state index contributed by atoms with van der Waals surface area (Å²) in [6.45, 7) is 7.62. The van der Waals surface area contributed by atoms with Crippen molar-refractivity contribution in [1.29, 1.82) is 0 Å². The highest BCUT2D eigenvalue weighted by Crippen LogP contribution is 2.31. The molecule has 0 saturated heterocycles. The van der Waals surface area contributed by atoms with E-state index >= 15 is 0 Å². The van der Waals surface area contributed by atoms with Crippen LogP contribution in [0.15, 0.2) is 60.4 Å². The number of hydrogen-bond acceptors (Lipinski definition) is 0. The number of rotatable bonds is 5. The summed E-state index contributed by atoms with van der Waals surface area (Å²) in [5, 5.41) is 0. The van der Waals surface area contributed by atoms with Gasteiger partial charge in [0.25, 0.3) is 0 Å². The lowest BCUT2D eigenvalue weighted by molar-refractivity contribution is 0.658. The van der Waals surface area contributed by atoms with Crippen LogP contribution in [0.5, 0.6) is 0 Å². The minimum Gasteiger partial charge on any atom is -0.133 e. The lowest BCUT2D eigenvalue weighted by atomic mass is 9.93. The van der Waals surface area contributed by atoms with Crippen LogP contribution in [-0.2, 0) is 0 Å². The third-order valence-corrected chi connectivity index (χ3v) is 3.92. The van der Waals surface area contributed by atoms with Crippen LogP contribution in [0.4, 0.5) is 0 Å². The Hall–Kier alpha value is -1.52. The van der Waals surface area contributed by atoms with Crippen LogP contribution in [-0.4, -0.2) is 0 Å². The Morgan fingerprint density at radius 3 is 2.67 bits per heavy atom. The fourth-order valence-corrected chi connectivity index (χ4v) is 2.87. The molecule has 1 aliphatic carbocycles. The third-order valence-electron chi connectivity index (χ3n) is 3.92. The highest BCUT2D eigenvalue weighted by molar-refractivity contribution is 5.26. The average molecular weight is 282 g/mol. The van der Waals surface area contributed by atoms with Crippen LogP contribution in [0.3, 0.4) is 0 Å². The highest BCUT2D eigenvalue weighted by Gasteiger charge is 2.13. The average Bonchev–Trinajstić information content (AvgIpc) is 2.80. The van der Waals surface area contributed by atoms with E-state index in [0.717, 1.165) is 6.42 Å². The van der Waals surface area contributed by atoms with E-state index in [2.05, 4.69) is 48.7 Å². The molecule has 0 nitrogen and oxygen atoms in total. The summed E-state index contributed by atoms with van der Waals surface area (Å²) >= 11 is 0. The maximum Gasteiger partial charge on any atom is 0.00206 e. The highest BCUT2D eigenvalue weighted by atomic mass is 14.2. The maximum atomic E-state index is 3.62. The van der Waals surface area contributed by atoms with Gasteiger partial charge < -0.3 is 0 Å². The number of benzene rings is 1. The molecule has 1 aromatic rings. The van der Waals surface area contributed by atoms with Crippen LogP contribution in [0.25, 0.3) is 0 Å². The van der Waals surface area contributed by atoms with Crippen LogP contribution >= 0.6 is 0 Å². The molecule has 21 heavy (non-hydrogen) atoms. The summed E-state index contributed by atoms with van der Waals surface area (Å²) < 4.78 is 0. The van der Waals surface area contributed by atoms with Gasteiger partial charge in [-0.3, -0.25) is 0 Å². The summed E-state index contributed by atoms with van der Waals surface area (Å²) in [6, 6.07) is 11.0. The van der Waals surface area contributed by atoms with Crippen molar-refractivity contribution < 1.29 is 0 Å². The van der Waals surface area contributed by atoms with Crippen LogP contribution in [0.1, 0.15) is 70.3 Å². The Labute approximate surface area is 131 Å². The lowest BCUT2D eigenvalue weighted by Gasteiger charge is -2.12. The summed E-state index contributed by atoms with van der Waals surface area (Å²) in [4.78, 5) is 0. The van der Waals surface area contributed by atoms with Gasteiger partial charge in [0.15, 0.2) is 0 Å². The second-order valence-electron chi connectivity index (χ2n) is 5.39. The summed E-state index contributed by atoms with van der Waals surface area (Å²) in [6.07, 6.45) is 13.5. The van der Waals surface area contributed by atoms with Crippen LogP contribution in [0.2, 0.25) is 0 Å². The van der Waals surface area contributed by atoms with Crippen LogP contribution in [0, 0.1) is 0 Å². The Morgan fingerprint density at radius 2 is 1.95 bits per heavy atom. The third kappa shape index (κ3) is 6.65. The zero-order valence-electron chi connectivity index (χ0n) is 13.8. The van der Waals surface area contributed by atoms with E-state index in [4.69, 9.17) is 0 Å². The molecule has 1 unspecified atom stereocenters. The van der Waals surface area contributed by atoms with Gasteiger partial charge in [0.05, 0.1) is 0 Å². The summed E-state index contributed by atoms with van der Waals surface area (Å²) in [7, 11) is 0. The Kier molecular flexibility index (Phi) is 9.33. The first-order valence-corrected chi connectivity index (χ1v) is 8.49. The van der Waals surface area contributed by atoms with Crippen molar-refractivity contribution in [2.45, 2.75) is 64.7 Å². The summed E-state index contributed by atoms with van der Waals surface area (Å²) in [5.74, 6) is 0.633. The van der Waals surface area contributed by atoms with Crippen molar-refractivity contribution in [2.24, 2.45) is 0 Å². The quantitative estimate of drug-likeness (QED) is 0.316. The molecule has 1 aromatic carbocycles. The number of hydrogen-bond donors (Lipinski definition) is 0. The minimum atomic E-state index is 0.633. The minimum absolute atomic E-state index is 0.633. The predicted molar refractivity (Wildman–Crippen MR) is 94.6 cm³/mol. The monoisotopic (exact) mass is 282 g/mol. The molecule has 1 atom stereocenters. The molecular weight excluding hydrogens is 252 g/mol. The first kappa shape index (κ1) is 17.5. The Morgan fingerprint density at radius 1 is 1.19 bits per heavy atom. The van der Waals surface area contributed by atoms with Crippen LogP contribution < -0.4 is 0 Å². The zero-order valence-corrected chi connectivity index (χ0v) is 13.8. The molecule has 0 bridgehead atoms. The molecule has 0 N–H and O–H groups in total. The van der Waals surface area contributed by atoms with E-state index in [1.807, 2.05) is 19.9 Å². The van der Waals surface area contributed by atoms with Gasteiger partial charge in [-0.05, 0) is 50.2 Å². The molecule has 0 aliphatic heterocycles. The topological polar surface area (TPSA) is 0 Å². The van der Waals surface area contributed by atoms with E-state index in [0.29, 0.717) is 5.92 Å². The van der Waals surface area contributed by atoms with Gasteiger partial charge in [0.2, 0.25) is 0 Å². The smallest absolute Gasteiger partial charge is 0.00206 e. The van der Waals surface area contributed by atoms with Crippen molar-refractivity contribution in [2.75, 3.05) is 0 Å². The number of allylic oxidation sites excluding steroid dienone is 3. The van der Waals surface area contributed by atoms with Gasteiger partial charge >= 0.3 is 0 Å². The van der Waals surface area contributed by atoms with Crippen molar-refractivity contribution in [3.63, 3.8) is 0 Å². The van der Waals surface area contributed by atoms with E-state index < -0.39 is 0 Å². The first-order valence-electron chi connectivity index (χ1n) is 8.49. The molecule has 0 heterocycles. The maximum absolute atomic E-state index is 3.62. The van der Waals surface area contributed by atoms with Crippen molar-refractivity contribution >= 4 is 0 Å². The molecule has 0 radical (unpaired) electrons. The molecule has 0 aromatic heterocycles. The molecule has 0 fully saturated rings. The summed E-state index contributed by atoms with van der Waals surface area (Å²) in [5.41, 5.74) is 5.99. The molecular formula is C21H30.